The predicted molar refractivity (Wildman–Crippen MR) is 184 cm³/mol. The Kier molecular flexibility index (Phi) is 11.6. The Hall–Kier alpha value is -2.04. The first-order valence-corrected chi connectivity index (χ1v) is 18.3. The molecule has 2 saturated heterocycles. The van der Waals surface area contributed by atoms with Gasteiger partial charge >= 0.3 is 12.0 Å². The number of halogens is 3. The van der Waals surface area contributed by atoms with Gasteiger partial charge in [-0.3, -0.25) is 4.79 Å². The SMILES string of the molecule is CCOC(=O)C(NC(=O)N1CCC(CC(=O)N2CCC(C3c4c(Br)cc(Cl)cc4CCC4=CC(Br)=CNC43)CC2)CC1)C(C)C. The Labute approximate surface area is 289 Å². The lowest BCUT2D eigenvalue weighted by atomic mass is 9.73. The van der Waals surface area contributed by atoms with E-state index in [1.54, 1.807) is 11.8 Å². The Balaban J connectivity index is 1.16. The van der Waals surface area contributed by atoms with Crippen LogP contribution >= 0.6 is 43.5 Å². The summed E-state index contributed by atoms with van der Waals surface area (Å²) in [6.45, 7) is 8.51. The van der Waals surface area contributed by atoms with E-state index in [-0.39, 0.29) is 42.3 Å². The van der Waals surface area contributed by atoms with Gasteiger partial charge in [0.05, 0.1) is 12.6 Å². The third-order valence-electron chi connectivity index (χ3n) is 9.93. The fraction of sp³-hybridized carbons (Fsp3) is 0.618. The van der Waals surface area contributed by atoms with Gasteiger partial charge in [-0.25, -0.2) is 9.59 Å². The van der Waals surface area contributed by atoms with Crippen LogP contribution in [0.4, 0.5) is 4.79 Å². The molecule has 8 nitrogen and oxygen atoms in total. The average Bonchev–Trinajstić information content (AvgIpc) is 3.16. The van der Waals surface area contributed by atoms with Crippen LogP contribution < -0.4 is 10.6 Å². The van der Waals surface area contributed by atoms with Gasteiger partial charge in [-0.1, -0.05) is 41.4 Å². The summed E-state index contributed by atoms with van der Waals surface area (Å²) in [5.74, 6) is 0.716. The molecule has 0 saturated carbocycles. The van der Waals surface area contributed by atoms with Crippen LogP contribution in [0, 0.1) is 17.8 Å². The molecule has 0 aromatic heterocycles. The van der Waals surface area contributed by atoms with E-state index in [1.165, 1.54) is 16.7 Å². The van der Waals surface area contributed by atoms with Gasteiger partial charge in [0, 0.05) is 58.7 Å². The van der Waals surface area contributed by atoms with Gasteiger partial charge in [0.2, 0.25) is 5.91 Å². The molecular weight excluding hydrogens is 724 g/mol. The number of dihydropyridines is 1. The summed E-state index contributed by atoms with van der Waals surface area (Å²) >= 11 is 14.0. The molecule has 4 aliphatic rings. The van der Waals surface area contributed by atoms with E-state index in [2.05, 4.69) is 65.7 Å². The zero-order valence-corrected chi connectivity index (χ0v) is 30.3. The topological polar surface area (TPSA) is 91.0 Å². The summed E-state index contributed by atoms with van der Waals surface area (Å²) in [6, 6.07) is 3.46. The summed E-state index contributed by atoms with van der Waals surface area (Å²) in [4.78, 5) is 42.5. The number of nitrogens with one attached hydrogen (secondary N) is 2. The molecule has 3 unspecified atom stereocenters. The van der Waals surface area contributed by atoms with E-state index in [9.17, 15) is 14.4 Å². The maximum absolute atomic E-state index is 13.5. The number of benzene rings is 1. The van der Waals surface area contributed by atoms with Crippen molar-refractivity contribution in [1.82, 2.24) is 20.4 Å². The van der Waals surface area contributed by atoms with Crippen LogP contribution in [0.2, 0.25) is 5.02 Å². The van der Waals surface area contributed by atoms with E-state index in [1.807, 2.05) is 19.9 Å². The fourth-order valence-corrected chi connectivity index (χ4v) is 9.06. The van der Waals surface area contributed by atoms with Gasteiger partial charge in [0.25, 0.3) is 0 Å². The first-order chi connectivity index (χ1) is 21.5. The van der Waals surface area contributed by atoms with E-state index < -0.39 is 12.0 Å². The molecular formula is C34H45Br2ClN4O4. The zero-order chi connectivity index (χ0) is 32.2. The van der Waals surface area contributed by atoms with Crippen molar-refractivity contribution in [2.45, 2.75) is 83.7 Å². The molecule has 1 aliphatic carbocycles. The number of amides is 3. The number of allylic oxidation sites excluding steroid dienone is 2. The number of fused-ring (bicyclic) bond motifs is 2. The number of esters is 1. The minimum Gasteiger partial charge on any atom is -0.464 e. The predicted octanol–water partition coefficient (Wildman–Crippen LogP) is 6.90. The Bertz CT molecular complexity index is 1340. The molecule has 1 aromatic carbocycles. The van der Waals surface area contributed by atoms with Crippen LogP contribution in [-0.2, 0) is 20.7 Å². The number of carbonyl (C=O) groups is 3. The molecule has 3 amide bonds. The number of hydrogen-bond acceptors (Lipinski definition) is 5. The van der Waals surface area contributed by atoms with Gasteiger partial charge in [-0.05, 0) is 114 Å². The number of rotatable bonds is 7. The highest BCUT2D eigenvalue weighted by molar-refractivity contribution is 9.12. The van der Waals surface area contributed by atoms with Crippen LogP contribution in [0.1, 0.15) is 76.3 Å². The van der Waals surface area contributed by atoms with Crippen molar-refractivity contribution in [3.63, 3.8) is 0 Å². The first-order valence-electron chi connectivity index (χ1n) is 16.4. The molecule has 2 fully saturated rings. The molecule has 45 heavy (non-hydrogen) atoms. The number of urea groups is 1. The van der Waals surface area contributed by atoms with Gasteiger partial charge in [0.15, 0.2) is 0 Å². The highest BCUT2D eigenvalue weighted by atomic mass is 79.9. The lowest BCUT2D eigenvalue weighted by molar-refractivity contribution is -0.146. The van der Waals surface area contributed by atoms with Crippen LogP contribution in [0.3, 0.4) is 0 Å². The molecule has 1 aromatic rings. The van der Waals surface area contributed by atoms with Crippen LogP contribution in [0.15, 0.2) is 38.9 Å². The number of aryl methyl sites for hydroxylation is 1. The van der Waals surface area contributed by atoms with Crippen molar-refractivity contribution >= 4 is 61.4 Å². The molecule has 246 valence electrons. The van der Waals surface area contributed by atoms with Crippen molar-refractivity contribution < 1.29 is 19.1 Å². The third kappa shape index (κ3) is 8.10. The van der Waals surface area contributed by atoms with Crippen LogP contribution in [-0.4, -0.2) is 72.6 Å². The second-order valence-corrected chi connectivity index (χ2v) is 15.4. The van der Waals surface area contributed by atoms with Gasteiger partial charge < -0.3 is 25.2 Å². The normalized spacial score (nSPS) is 23.2. The smallest absolute Gasteiger partial charge is 0.328 e. The summed E-state index contributed by atoms with van der Waals surface area (Å²) in [5.41, 5.74) is 4.08. The minimum atomic E-state index is -0.667. The molecule has 3 aliphatic heterocycles. The zero-order valence-electron chi connectivity index (χ0n) is 26.4. The number of hydrogen-bond donors (Lipinski definition) is 2. The highest BCUT2D eigenvalue weighted by Gasteiger charge is 2.40. The van der Waals surface area contributed by atoms with E-state index >= 15 is 0 Å². The van der Waals surface area contributed by atoms with Crippen molar-refractivity contribution in [3.8, 4) is 0 Å². The standard InChI is InChI=1S/C34H45Br2ClN4O4/c1-4-45-33(43)31(20(2)3)39-34(44)41-11-7-21(8-12-41)15-28(42)40-13-9-22(10-14-40)30-29-23(17-26(37)18-27(29)36)5-6-24-16-25(35)19-38-32(24)30/h16-22,30-32,38H,4-15H2,1-3H3,(H,39,44). The summed E-state index contributed by atoms with van der Waals surface area (Å²) in [6.07, 6.45) is 10.3. The minimum absolute atomic E-state index is 0.0684. The number of carbonyl (C=O) groups excluding carboxylic acids is 3. The number of piperidine rings is 2. The molecule has 11 heteroatoms. The van der Waals surface area contributed by atoms with Gasteiger partial charge in [0.1, 0.15) is 6.04 Å². The Morgan fingerprint density at radius 3 is 2.40 bits per heavy atom. The van der Waals surface area contributed by atoms with Crippen molar-refractivity contribution in [2.24, 2.45) is 17.8 Å². The lowest BCUT2D eigenvalue weighted by Crippen LogP contribution is -2.52. The highest BCUT2D eigenvalue weighted by Crippen LogP contribution is 2.47. The Morgan fingerprint density at radius 1 is 1.04 bits per heavy atom. The molecule has 0 spiro atoms. The molecule has 0 bridgehead atoms. The van der Waals surface area contributed by atoms with Crippen molar-refractivity contribution in [1.29, 1.82) is 0 Å². The largest absolute Gasteiger partial charge is 0.464 e. The monoisotopic (exact) mass is 766 g/mol. The average molecular weight is 769 g/mol. The van der Waals surface area contributed by atoms with Crippen LogP contribution in [0.25, 0.3) is 0 Å². The van der Waals surface area contributed by atoms with Gasteiger partial charge in [-0.15, -0.1) is 0 Å². The first kappa shape index (κ1) is 34.3. The Morgan fingerprint density at radius 2 is 1.73 bits per heavy atom. The second kappa shape index (κ2) is 15.2. The molecule has 3 atom stereocenters. The fourth-order valence-electron chi connectivity index (χ4n) is 7.50. The van der Waals surface area contributed by atoms with Crippen LogP contribution in [0.5, 0.6) is 0 Å². The van der Waals surface area contributed by atoms with E-state index in [0.29, 0.717) is 25.4 Å². The van der Waals surface area contributed by atoms with Crippen molar-refractivity contribution in [3.05, 3.63) is 55.1 Å². The number of likely N-dealkylation sites (tertiary alicyclic amines) is 2. The lowest BCUT2D eigenvalue weighted by Gasteiger charge is -2.41. The molecule has 0 radical (unpaired) electrons. The quantitative estimate of drug-likeness (QED) is 0.295. The number of ether oxygens (including phenoxy) is 1. The second-order valence-electron chi connectivity index (χ2n) is 13.2. The molecule has 2 N–H and O–H groups in total. The van der Waals surface area contributed by atoms with E-state index in [0.717, 1.165) is 65.6 Å². The van der Waals surface area contributed by atoms with Crippen molar-refractivity contribution in [2.75, 3.05) is 32.8 Å². The summed E-state index contributed by atoms with van der Waals surface area (Å²) < 4.78 is 7.28. The maximum Gasteiger partial charge on any atom is 0.328 e. The summed E-state index contributed by atoms with van der Waals surface area (Å²) in [5, 5.41) is 7.32. The molecule has 5 rings (SSSR count). The maximum atomic E-state index is 13.5. The summed E-state index contributed by atoms with van der Waals surface area (Å²) in [7, 11) is 0. The van der Waals surface area contributed by atoms with E-state index in [4.69, 9.17) is 16.3 Å². The third-order valence-corrected chi connectivity index (χ3v) is 11.3. The molecule has 3 heterocycles. The number of nitrogens with zero attached hydrogens (tertiary/aromatic N) is 2. The van der Waals surface area contributed by atoms with Gasteiger partial charge in [-0.2, -0.15) is 0 Å².